The SMILES string of the molecule is CC(C)c1ccc(-c2[nH]c3ccccc3c2CN)cc1. The van der Waals surface area contributed by atoms with E-state index in [1.807, 2.05) is 6.07 Å². The topological polar surface area (TPSA) is 41.8 Å². The lowest BCUT2D eigenvalue weighted by atomic mass is 9.99. The second-order valence-electron chi connectivity index (χ2n) is 5.50. The van der Waals surface area contributed by atoms with E-state index in [0.29, 0.717) is 12.5 Å². The number of benzene rings is 2. The van der Waals surface area contributed by atoms with Crippen LogP contribution in [0.3, 0.4) is 0 Å². The van der Waals surface area contributed by atoms with E-state index in [4.69, 9.17) is 5.73 Å². The lowest BCUT2D eigenvalue weighted by molar-refractivity contribution is 0.867. The summed E-state index contributed by atoms with van der Waals surface area (Å²) in [7, 11) is 0. The lowest BCUT2D eigenvalue weighted by Crippen LogP contribution is -1.97. The van der Waals surface area contributed by atoms with Gasteiger partial charge < -0.3 is 10.7 Å². The zero-order chi connectivity index (χ0) is 14.1. The first kappa shape index (κ1) is 12.9. The third-order valence-corrected chi connectivity index (χ3v) is 3.88. The molecule has 0 saturated heterocycles. The fraction of sp³-hybridized carbons (Fsp3) is 0.222. The molecule has 102 valence electrons. The quantitative estimate of drug-likeness (QED) is 0.722. The molecular weight excluding hydrogens is 244 g/mol. The summed E-state index contributed by atoms with van der Waals surface area (Å²) in [6, 6.07) is 17.1. The van der Waals surface area contributed by atoms with Crippen molar-refractivity contribution in [3.05, 3.63) is 59.7 Å². The number of hydrogen-bond acceptors (Lipinski definition) is 1. The van der Waals surface area contributed by atoms with E-state index in [0.717, 1.165) is 11.2 Å². The van der Waals surface area contributed by atoms with Crippen molar-refractivity contribution < 1.29 is 0 Å². The van der Waals surface area contributed by atoms with Gasteiger partial charge in [0.25, 0.3) is 0 Å². The summed E-state index contributed by atoms with van der Waals surface area (Å²) >= 11 is 0. The third kappa shape index (κ3) is 2.12. The molecule has 2 aromatic carbocycles. The van der Waals surface area contributed by atoms with Crippen molar-refractivity contribution in [2.75, 3.05) is 0 Å². The Bertz CT molecular complexity index is 721. The molecule has 0 aliphatic carbocycles. The van der Waals surface area contributed by atoms with Crippen molar-refractivity contribution in [3.63, 3.8) is 0 Å². The van der Waals surface area contributed by atoms with Gasteiger partial charge >= 0.3 is 0 Å². The molecule has 2 nitrogen and oxygen atoms in total. The first-order valence-corrected chi connectivity index (χ1v) is 7.10. The Morgan fingerprint density at radius 1 is 1.00 bits per heavy atom. The molecule has 0 aliphatic heterocycles. The number of fused-ring (bicyclic) bond motifs is 1. The molecule has 20 heavy (non-hydrogen) atoms. The Balaban J connectivity index is 2.13. The van der Waals surface area contributed by atoms with Crippen LogP contribution in [0.1, 0.15) is 30.9 Å². The molecule has 0 radical (unpaired) electrons. The molecule has 0 atom stereocenters. The maximum Gasteiger partial charge on any atom is 0.0510 e. The van der Waals surface area contributed by atoms with Gasteiger partial charge in [0, 0.05) is 17.4 Å². The maximum atomic E-state index is 5.96. The Morgan fingerprint density at radius 2 is 1.70 bits per heavy atom. The van der Waals surface area contributed by atoms with E-state index in [1.165, 1.54) is 22.1 Å². The molecule has 0 spiro atoms. The largest absolute Gasteiger partial charge is 0.354 e. The minimum absolute atomic E-state index is 0.547. The van der Waals surface area contributed by atoms with Gasteiger partial charge in [-0.05, 0) is 28.7 Å². The predicted octanol–water partition coefficient (Wildman–Crippen LogP) is 4.42. The van der Waals surface area contributed by atoms with Crippen molar-refractivity contribution in [1.82, 2.24) is 4.98 Å². The van der Waals surface area contributed by atoms with Crippen LogP contribution in [0.2, 0.25) is 0 Å². The Kier molecular flexibility index (Phi) is 3.33. The molecule has 0 fully saturated rings. The van der Waals surface area contributed by atoms with Crippen molar-refractivity contribution in [2.24, 2.45) is 5.73 Å². The average molecular weight is 264 g/mol. The zero-order valence-electron chi connectivity index (χ0n) is 12.0. The van der Waals surface area contributed by atoms with Gasteiger partial charge in [0.05, 0.1) is 5.69 Å². The number of nitrogens with one attached hydrogen (secondary N) is 1. The van der Waals surface area contributed by atoms with Gasteiger partial charge in [-0.3, -0.25) is 0 Å². The summed E-state index contributed by atoms with van der Waals surface area (Å²) in [6.07, 6.45) is 0. The van der Waals surface area contributed by atoms with E-state index >= 15 is 0 Å². The molecule has 3 N–H and O–H groups in total. The summed E-state index contributed by atoms with van der Waals surface area (Å²) in [6.45, 7) is 4.97. The number of nitrogens with two attached hydrogens (primary N) is 1. The molecule has 0 unspecified atom stereocenters. The highest BCUT2D eigenvalue weighted by Gasteiger charge is 2.11. The van der Waals surface area contributed by atoms with Gasteiger partial charge in [-0.25, -0.2) is 0 Å². The number of rotatable bonds is 3. The van der Waals surface area contributed by atoms with Crippen molar-refractivity contribution >= 4 is 10.9 Å². The third-order valence-electron chi connectivity index (χ3n) is 3.88. The molecule has 0 aliphatic rings. The number of H-pyrrole nitrogens is 1. The number of para-hydroxylation sites is 1. The summed E-state index contributed by atoms with van der Waals surface area (Å²) in [4.78, 5) is 3.50. The Morgan fingerprint density at radius 3 is 2.35 bits per heavy atom. The van der Waals surface area contributed by atoms with E-state index in [-0.39, 0.29) is 0 Å². The lowest BCUT2D eigenvalue weighted by Gasteiger charge is -2.07. The molecule has 1 heterocycles. The minimum Gasteiger partial charge on any atom is -0.354 e. The molecule has 0 amide bonds. The van der Waals surface area contributed by atoms with Crippen LogP contribution >= 0.6 is 0 Å². The van der Waals surface area contributed by atoms with E-state index < -0.39 is 0 Å². The minimum atomic E-state index is 0.547. The highest BCUT2D eigenvalue weighted by atomic mass is 14.7. The second kappa shape index (κ2) is 5.14. The van der Waals surface area contributed by atoms with Gasteiger partial charge in [0.2, 0.25) is 0 Å². The molecule has 3 rings (SSSR count). The standard InChI is InChI=1S/C18H20N2/c1-12(2)13-7-9-14(10-8-13)18-16(11-19)15-5-3-4-6-17(15)20-18/h3-10,12,20H,11,19H2,1-2H3. The predicted molar refractivity (Wildman–Crippen MR) is 85.7 cm³/mol. The summed E-state index contributed by atoms with van der Waals surface area (Å²) in [5.41, 5.74) is 12.0. The Labute approximate surface area is 119 Å². The van der Waals surface area contributed by atoms with Crippen LogP contribution in [-0.4, -0.2) is 4.98 Å². The highest BCUT2D eigenvalue weighted by molar-refractivity contribution is 5.90. The normalized spacial score (nSPS) is 11.4. The summed E-state index contributed by atoms with van der Waals surface area (Å²) < 4.78 is 0. The fourth-order valence-electron chi connectivity index (χ4n) is 2.69. The molecule has 2 heteroatoms. The monoisotopic (exact) mass is 264 g/mol. The smallest absolute Gasteiger partial charge is 0.0510 e. The van der Waals surface area contributed by atoms with Crippen LogP contribution < -0.4 is 5.73 Å². The fourth-order valence-corrected chi connectivity index (χ4v) is 2.69. The van der Waals surface area contributed by atoms with Crippen LogP contribution in [0.15, 0.2) is 48.5 Å². The van der Waals surface area contributed by atoms with E-state index in [2.05, 4.69) is 61.3 Å². The van der Waals surface area contributed by atoms with Gasteiger partial charge in [0.15, 0.2) is 0 Å². The van der Waals surface area contributed by atoms with Crippen LogP contribution in [0.5, 0.6) is 0 Å². The Hall–Kier alpha value is -2.06. The van der Waals surface area contributed by atoms with Gasteiger partial charge in [-0.15, -0.1) is 0 Å². The molecule has 3 aromatic rings. The van der Waals surface area contributed by atoms with Crippen LogP contribution in [0.25, 0.3) is 22.2 Å². The van der Waals surface area contributed by atoms with E-state index in [9.17, 15) is 0 Å². The van der Waals surface area contributed by atoms with Crippen molar-refractivity contribution in [2.45, 2.75) is 26.3 Å². The molecule has 0 saturated carbocycles. The van der Waals surface area contributed by atoms with Gasteiger partial charge in [-0.2, -0.15) is 0 Å². The first-order valence-electron chi connectivity index (χ1n) is 7.10. The zero-order valence-corrected chi connectivity index (χ0v) is 12.0. The molecule has 0 bridgehead atoms. The van der Waals surface area contributed by atoms with Crippen LogP contribution in [0, 0.1) is 0 Å². The van der Waals surface area contributed by atoms with E-state index in [1.54, 1.807) is 0 Å². The van der Waals surface area contributed by atoms with Gasteiger partial charge in [-0.1, -0.05) is 56.3 Å². The maximum absolute atomic E-state index is 5.96. The van der Waals surface area contributed by atoms with Crippen molar-refractivity contribution in [3.8, 4) is 11.3 Å². The number of hydrogen-bond donors (Lipinski definition) is 2. The number of aromatic nitrogens is 1. The molecule has 1 aromatic heterocycles. The van der Waals surface area contributed by atoms with Crippen molar-refractivity contribution in [1.29, 1.82) is 0 Å². The second-order valence-corrected chi connectivity index (χ2v) is 5.50. The number of aromatic amines is 1. The van der Waals surface area contributed by atoms with Gasteiger partial charge in [0.1, 0.15) is 0 Å². The summed E-state index contributed by atoms with van der Waals surface area (Å²) in [5.74, 6) is 0.556. The van der Waals surface area contributed by atoms with Crippen LogP contribution in [-0.2, 0) is 6.54 Å². The average Bonchev–Trinajstić information content (AvgIpc) is 2.85. The first-order chi connectivity index (χ1) is 9.70. The highest BCUT2D eigenvalue weighted by Crippen LogP contribution is 2.30. The summed E-state index contributed by atoms with van der Waals surface area (Å²) in [5, 5.41) is 1.22. The van der Waals surface area contributed by atoms with Crippen LogP contribution in [0.4, 0.5) is 0 Å². The molecular formula is C18H20N2.